The van der Waals surface area contributed by atoms with Gasteiger partial charge in [-0.3, -0.25) is 4.79 Å². The number of para-hydroxylation sites is 1. The van der Waals surface area contributed by atoms with E-state index in [9.17, 15) is 4.79 Å². The number of carbonyl (C=O) groups excluding carboxylic acids is 1. The zero-order valence-corrected chi connectivity index (χ0v) is 20.8. The predicted octanol–water partition coefficient (Wildman–Crippen LogP) is 6.04. The molecule has 2 aliphatic rings. The summed E-state index contributed by atoms with van der Waals surface area (Å²) in [5.74, 6) is -0.0917. The first-order valence-corrected chi connectivity index (χ1v) is 13.1. The van der Waals surface area contributed by atoms with E-state index in [2.05, 4.69) is 49.8 Å². The number of aromatic nitrogens is 2. The number of nitrogens with one attached hydrogen (secondary N) is 3. The molecule has 1 amide bonds. The Balaban J connectivity index is 1.30. The number of likely N-dealkylation sites (tertiary alicyclic amines) is 1. The van der Waals surface area contributed by atoms with E-state index in [0.29, 0.717) is 5.57 Å². The molecule has 37 heavy (non-hydrogen) atoms. The van der Waals surface area contributed by atoms with Gasteiger partial charge in [0.25, 0.3) is 5.91 Å². The highest BCUT2D eigenvalue weighted by molar-refractivity contribution is 6.37. The molecule has 186 valence electrons. The molecule has 6 nitrogen and oxygen atoms in total. The highest BCUT2D eigenvalue weighted by Gasteiger charge is 2.28. The molecule has 2 aliphatic heterocycles. The van der Waals surface area contributed by atoms with Crippen molar-refractivity contribution in [2.24, 2.45) is 0 Å². The molecule has 0 spiro atoms. The van der Waals surface area contributed by atoms with E-state index in [1.165, 1.54) is 37.9 Å². The molecule has 1 fully saturated rings. The van der Waals surface area contributed by atoms with Crippen LogP contribution < -0.4 is 10.6 Å². The Morgan fingerprint density at radius 3 is 2.46 bits per heavy atom. The number of aromatic amines is 1. The second-order valence-electron chi connectivity index (χ2n) is 9.76. The Bertz CT molecular complexity index is 1400. The summed E-state index contributed by atoms with van der Waals surface area (Å²) in [6.45, 7) is 3.53. The van der Waals surface area contributed by atoms with Gasteiger partial charge < -0.3 is 20.5 Å². The van der Waals surface area contributed by atoms with E-state index in [-0.39, 0.29) is 5.91 Å². The number of nitrogens with zero attached hydrogens (tertiary/aromatic N) is 2. The summed E-state index contributed by atoms with van der Waals surface area (Å²) in [7, 11) is 0. The molecule has 0 radical (unpaired) electrons. The Morgan fingerprint density at radius 1 is 0.919 bits per heavy atom. The minimum atomic E-state index is -0.0917. The van der Waals surface area contributed by atoms with Crippen LogP contribution in [0.15, 0.2) is 85.3 Å². The molecule has 0 atom stereocenters. The number of H-pyrrole nitrogens is 1. The van der Waals surface area contributed by atoms with Crippen molar-refractivity contribution >= 4 is 28.6 Å². The molecule has 0 unspecified atom stereocenters. The summed E-state index contributed by atoms with van der Waals surface area (Å²) in [5, 5.41) is 6.59. The van der Waals surface area contributed by atoms with Crippen LogP contribution >= 0.6 is 0 Å². The van der Waals surface area contributed by atoms with Gasteiger partial charge in [0.1, 0.15) is 0 Å². The lowest BCUT2D eigenvalue weighted by molar-refractivity contribution is -0.110. The van der Waals surface area contributed by atoms with Crippen LogP contribution in [0.3, 0.4) is 0 Å². The van der Waals surface area contributed by atoms with E-state index in [0.717, 1.165) is 52.4 Å². The van der Waals surface area contributed by atoms with Gasteiger partial charge in [0.15, 0.2) is 0 Å². The Morgan fingerprint density at radius 2 is 1.70 bits per heavy atom. The molecule has 3 aromatic carbocycles. The molecule has 1 aromatic heterocycles. The van der Waals surface area contributed by atoms with Crippen LogP contribution in [-0.2, 0) is 11.2 Å². The fourth-order valence-corrected chi connectivity index (χ4v) is 5.24. The Kier molecular flexibility index (Phi) is 6.57. The van der Waals surface area contributed by atoms with Crippen molar-refractivity contribution in [2.75, 3.05) is 30.3 Å². The quantitative estimate of drug-likeness (QED) is 0.277. The number of rotatable bonds is 7. The summed E-state index contributed by atoms with van der Waals surface area (Å²) >= 11 is 0. The average molecular weight is 490 g/mol. The molecule has 3 N–H and O–H groups in total. The molecule has 0 saturated carbocycles. The molecule has 4 aromatic rings. The molecule has 0 aliphatic carbocycles. The van der Waals surface area contributed by atoms with E-state index in [1.807, 2.05) is 54.7 Å². The van der Waals surface area contributed by atoms with Crippen molar-refractivity contribution in [2.45, 2.75) is 25.7 Å². The van der Waals surface area contributed by atoms with Gasteiger partial charge in [-0.25, -0.2) is 4.98 Å². The summed E-state index contributed by atoms with van der Waals surface area (Å²) in [5.41, 5.74) is 8.36. The number of imidazole rings is 1. The van der Waals surface area contributed by atoms with Crippen molar-refractivity contribution in [3.63, 3.8) is 0 Å². The van der Waals surface area contributed by atoms with Crippen LogP contribution in [0.2, 0.25) is 0 Å². The Hall–Kier alpha value is -4.16. The maximum atomic E-state index is 13.2. The molecular formula is C31H31N5O. The number of carbonyl (C=O) groups is 1. The van der Waals surface area contributed by atoms with Crippen LogP contribution in [0.1, 0.15) is 36.0 Å². The van der Waals surface area contributed by atoms with Crippen LogP contribution in [0.4, 0.5) is 11.4 Å². The minimum absolute atomic E-state index is 0.0917. The van der Waals surface area contributed by atoms with Crippen LogP contribution in [-0.4, -0.2) is 40.4 Å². The number of anilines is 2. The van der Waals surface area contributed by atoms with Gasteiger partial charge in [-0.05, 0) is 61.7 Å². The van der Waals surface area contributed by atoms with Gasteiger partial charge in [-0.1, -0.05) is 61.0 Å². The van der Waals surface area contributed by atoms with Gasteiger partial charge in [-0.2, -0.15) is 0 Å². The molecule has 3 heterocycles. The lowest BCUT2D eigenvalue weighted by Crippen LogP contribution is -2.31. The Labute approximate surface area is 217 Å². The zero-order valence-electron chi connectivity index (χ0n) is 20.8. The van der Waals surface area contributed by atoms with E-state index in [1.54, 1.807) is 6.33 Å². The predicted molar refractivity (Wildman–Crippen MR) is 150 cm³/mol. The minimum Gasteiger partial charge on any atom is -0.354 e. The highest BCUT2D eigenvalue weighted by atomic mass is 16.2. The summed E-state index contributed by atoms with van der Waals surface area (Å²) in [4.78, 5) is 23.1. The average Bonchev–Trinajstić information content (AvgIpc) is 3.60. The highest BCUT2D eigenvalue weighted by Crippen LogP contribution is 2.37. The molecular weight excluding hydrogens is 458 g/mol. The fourth-order valence-electron chi connectivity index (χ4n) is 5.24. The van der Waals surface area contributed by atoms with Crippen molar-refractivity contribution in [3.8, 4) is 11.3 Å². The third-order valence-corrected chi connectivity index (χ3v) is 7.28. The van der Waals surface area contributed by atoms with Gasteiger partial charge in [0.2, 0.25) is 0 Å². The second kappa shape index (κ2) is 10.4. The van der Waals surface area contributed by atoms with Crippen molar-refractivity contribution in [1.29, 1.82) is 0 Å². The molecule has 6 rings (SSSR count). The van der Waals surface area contributed by atoms with Crippen LogP contribution in [0.5, 0.6) is 0 Å². The third kappa shape index (κ3) is 5.06. The van der Waals surface area contributed by atoms with Gasteiger partial charge in [0.05, 0.1) is 23.3 Å². The fraction of sp³-hybridized carbons (Fsp3) is 0.226. The van der Waals surface area contributed by atoms with Crippen molar-refractivity contribution in [1.82, 2.24) is 14.9 Å². The lowest BCUT2D eigenvalue weighted by Gasteiger charge is -2.26. The molecule has 6 heteroatoms. The van der Waals surface area contributed by atoms with Gasteiger partial charge in [-0.15, -0.1) is 0 Å². The third-order valence-electron chi connectivity index (χ3n) is 7.28. The van der Waals surface area contributed by atoms with Crippen molar-refractivity contribution < 1.29 is 4.79 Å². The number of amides is 1. The SMILES string of the molecule is O=C1Nc2ccccc2/C1=C(/Nc1ccc(-c2c[nH]cn2)cc1)c1ccc(CCN2CCCCC2)cc1. The van der Waals surface area contributed by atoms with Gasteiger partial charge >= 0.3 is 0 Å². The number of piperidine rings is 1. The van der Waals surface area contributed by atoms with Crippen LogP contribution in [0, 0.1) is 0 Å². The number of fused-ring (bicyclic) bond motifs is 1. The number of hydrogen-bond acceptors (Lipinski definition) is 4. The summed E-state index contributed by atoms with van der Waals surface area (Å²) in [6.07, 6.45) is 8.58. The summed E-state index contributed by atoms with van der Waals surface area (Å²) < 4.78 is 0. The number of benzene rings is 3. The van der Waals surface area contributed by atoms with Crippen LogP contribution in [0.25, 0.3) is 22.5 Å². The van der Waals surface area contributed by atoms with E-state index in [4.69, 9.17) is 0 Å². The summed E-state index contributed by atoms with van der Waals surface area (Å²) in [6, 6.07) is 24.6. The zero-order chi connectivity index (χ0) is 25.0. The monoisotopic (exact) mass is 489 g/mol. The standard InChI is InChI=1S/C31H31N5O/c37-31-29(26-6-2-3-7-27(26)35-31)30(34-25-14-12-23(13-15-25)28-20-32-21-33-28)24-10-8-22(9-11-24)16-19-36-17-4-1-5-18-36/h2-3,6-15,20-21,34H,1,4-5,16-19H2,(H,32,33)(H,35,37)/b30-29-. The maximum Gasteiger partial charge on any atom is 0.258 e. The lowest BCUT2D eigenvalue weighted by atomic mass is 9.98. The molecule has 1 saturated heterocycles. The number of hydrogen-bond donors (Lipinski definition) is 3. The molecule has 0 bridgehead atoms. The van der Waals surface area contributed by atoms with E-state index >= 15 is 0 Å². The second-order valence-corrected chi connectivity index (χ2v) is 9.76. The topological polar surface area (TPSA) is 73.0 Å². The largest absolute Gasteiger partial charge is 0.354 e. The maximum absolute atomic E-state index is 13.2. The first-order chi connectivity index (χ1) is 18.2. The van der Waals surface area contributed by atoms with Crippen molar-refractivity contribution in [3.05, 3.63) is 102 Å². The first kappa shape index (κ1) is 23.3. The van der Waals surface area contributed by atoms with E-state index < -0.39 is 0 Å². The smallest absolute Gasteiger partial charge is 0.258 e. The first-order valence-electron chi connectivity index (χ1n) is 13.1. The van der Waals surface area contributed by atoms with Gasteiger partial charge in [0, 0.05) is 35.2 Å². The normalized spacial score (nSPS) is 16.8.